The summed E-state index contributed by atoms with van der Waals surface area (Å²) in [7, 11) is -3.21. The molecule has 10 heteroatoms. The highest BCUT2D eigenvalue weighted by atomic mass is 32.2. The van der Waals surface area contributed by atoms with Crippen LogP contribution in [-0.2, 0) is 9.84 Å². The molecule has 1 aliphatic heterocycles. The first kappa shape index (κ1) is 20.0. The third kappa shape index (κ3) is 4.75. The Kier molecular flexibility index (Phi) is 5.50. The summed E-state index contributed by atoms with van der Waals surface area (Å²) in [5.74, 6) is -1.52. The third-order valence-electron chi connectivity index (χ3n) is 4.16. The summed E-state index contributed by atoms with van der Waals surface area (Å²) in [4.78, 5) is 13.9. The number of halogens is 3. The van der Waals surface area contributed by atoms with Crippen LogP contribution < -0.4 is 10.1 Å². The van der Waals surface area contributed by atoms with Gasteiger partial charge in [-0.05, 0) is 35.4 Å². The smallest absolute Gasteiger partial charge is 0.387 e. The van der Waals surface area contributed by atoms with Crippen molar-refractivity contribution in [2.75, 3.05) is 30.5 Å². The topological polar surface area (TPSA) is 75.7 Å². The van der Waals surface area contributed by atoms with Crippen LogP contribution in [-0.4, -0.2) is 51.1 Å². The number of ether oxygens (including phenoxy) is 1. The molecular weight excluding hydrogens is 397 g/mol. The van der Waals surface area contributed by atoms with E-state index in [2.05, 4.69) is 10.1 Å². The lowest BCUT2D eigenvalue weighted by Gasteiger charge is -2.29. The number of sulfone groups is 1. The molecule has 0 fully saturated rings. The highest BCUT2D eigenvalue weighted by Gasteiger charge is 2.25. The summed E-state index contributed by atoms with van der Waals surface area (Å²) >= 11 is 0. The predicted molar refractivity (Wildman–Crippen MR) is 97.7 cm³/mol. The zero-order valence-electron chi connectivity index (χ0n) is 14.8. The number of hydrogen-bond donors (Lipinski definition) is 1. The number of benzene rings is 2. The molecule has 6 nitrogen and oxygen atoms in total. The lowest BCUT2D eigenvalue weighted by atomic mass is 10.0. The molecule has 150 valence electrons. The van der Waals surface area contributed by atoms with E-state index >= 15 is 0 Å². The van der Waals surface area contributed by atoms with Gasteiger partial charge >= 0.3 is 6.61 Å². The lowest BCUT2D eigenvalue weighted by Crippen LogP contribution is -2.42. The molecule has 0 saturated carbocycles. The van der Waals surface area contributed by atoms with Gasteiger partial charge in [0.2, 0.25) is 0 Å². The third-order valence-corrected chi connectivity index (χ3v) is 5.08. The first-order chi connectivity index (χ1) is 13.1. The fraction of sp³-hybridized carbons (Fsp3) is 0.278. The maximum Gasteiger partial charge on any atom is 0.387 e. The van der Waals surface area contributed by atoms with Crippen LogP contribution in [0.5, 0.6) is 5.75 Å². The maximum absolute atomic E-state index is 13.7. The number of nitrogens with one attached hydrogen (secondary N) is 1. The van der Waals surface area contributed by atoms with E-state index in [4.69, 9.17) is 0 Å². The molecule has 0 saturated heterocycles. The zero-order chi connectivity index (χ0) is 20.5. The minimum absolute atomic E-state index is 0.0596. The minimum Gasteiger partial charge on any atom is -0.435 e. The first-order valence-electron chi connectivity index (χ1n) is 8.23. The number of anilines is 1. The molecular formula is C18H17F3N2O4S. The number of amides is 1. The van der Waals surface area contributed by atoms with E-state index in [-0.39, 0.29) is 30.6 Å². The predicted octanol–water partition coefficient (Wildman–Crippen LogP) is 2.96. The Morgan fingerprint density at radius 3 is 2.61 bits per heavy atom. The van der Waals surface area contributed by atoms with Crippen molar-refractivity contribution in [3.8, 4) is 16.9 Å². The van der Waals surface area contributed by atoms with Crippen LogP contribution in [0.2, 0.25) is 0 Å². The molecule has 1 aliphatic rings. The fourth-order valence-corrected chi connectivity index (χ4v) is 3.39. The van der Waals surface area contributed by atoms with Gasteiger partial charge in [-0.3, -0.25) is 4.79 Å². The molecule has 0 unspecified atom stereocenters. The number of rotatable bonds is 6. The number of nitrogens with zero attached hydrogens (tertiary/aromatic N) is 1. The Bertz CT molecular complexity index is 1010. The van der Waals surface area contributed by atoms with E-state index in [1.165, 1.54) is 23.1 Å². The Morgan fingerprint density at radius 2 is 1.93 bits per heavy atom. The van der Waals surface area contributed by atoms with Gasteiger partial charge in [0.1, 0.15) is 21.4 Å². The Morgan fingerprint density at radius 1 is 1.18 bits per heavy atom. The van der Waals surface area contributed by atoms with Crippen molar-refractivity contribution >= 4 is 21.4 Å². The van der Waals surface area contributed by atoms with E-state index in [1.54, 1.807) is 12.1 Å². The van der Waals surface area contributed by atoms with Gasteiger partial charge in [0, 0.05) is 24.6 Å². The quantitative estimate of drug-likeness (QED) is 0.787. The van der Waals surface area contributed by atoms with E-state index in [0.29, 0.717) is 22.4 Å². The van der Waals surface area contributed by atoms with Crippen LogP contribution in [0.1, 0.15) is 10.4 Å². The van der Waals surface area contributed by atoms with E-state index in [0.717, 1.165) is 12.3 Å². The summed E-state index contributed by atoms with van der Waals surface area (Å²) in [6.07, 6.45) is 1.10. The second-order valence-corrected chi connectivity index (χ2v) is 8.61. The summed E-state index contributed by atoms with van der Waals surface area (Å²) in [6.45, 7) is -2.90. The molecule has 3 rings (SSSR count). The summed E-state index contributed by atoms with van der Waals surface area (Å²) < 4.78 is 65.4. The standard InChI is InChI=1S/C18H17F3N2O4S/c1-28(25,26)5-4-23-10-22-16-8-11(2-3-15(16)17(23)24)12-6-13(19)9-14(7-12)27-18(20)21/h2-3,6-9,18,22H,4-5,10H2,1H3. The SMILES string of the molecule is CS(=O)(=O)CCN1CNc2cc(-c3cc(F)cc(OC(F)F)c3)ccc2C1=O. The Labute approximate surface area is 159 Å². The normalized spacial score (nSPS) is 14.0. The molecule has 2 aromatic rings. The molecule has 0 aliphatic carbocycles. The van der Waals surface area contributed by atoms with E-state index < -0.39 is 22.3 Å². The van der Waals surface area contributed by atoms with E-state index in [1.807, 2.05) is 0 Å². The van der Waals surface area contributed by atoms with Gasteiger partial charge in [0.25, 0.3) is 5.91 Å². The molecule has 0 spiro atoms. The maximum atomic E-state index is 13.7. The van der Waals surface area contributed by atoms with Gasteiger partial charge in [-0.1, -0.05) is 6.07 Å². The monoisotopic (exact) mass is 414 g/mol. The van der Waals surface area contributed by atoms with Crippen LogP contribution in [0.4, 0.5) is 18.9 Å². The second-order valence-electron chi connectivity index (χ2n) is 6.35. The molecule has 0 aromatic heterocycles. The molecule has 0 bridgehead atoms. The number of carbonyl (C=O) groups is 1. The van der Waals surface area contributed by atoms with Gasteiger partial charge in [-0.2, -0.15) is 8.78 Å². The molecule has 28 heavy (non-hydrogen) atoms. The molecule has 0 atom stereocenters. The average molecular weight is 414 g/mol. The van der Waals surface area contributed by atoms with Crippen LogP contribution in [0.3, 0.4) is 0 Å². The molecule has 1 N–H and O–H groups in total. The average Bonchev–Trinajstić information content (AvgIpc) is 2.59. The zero-order valence-corrected chi connectivity index (χ0v) is 15.6. The molecule has 2 aromatic carbocycles. The number of hydrogen-bond acceptors (Lipinski definition) is 5. The van der Waals surface area contributed by atoms with Crippen molar-refractivity contribution in [2.45, 2.75) is 6.61 Å². The highest BCUT2D eigenvalue weighted by Crippen LogP contribution is 2.31. The van der Waals surface area contributed by atoms with Crippen LogP contribution in [0, 0.1) is 5.82 Å². The summed E-state index contributed by atoms with van der Waals surface area (Å²) in [6, 6.07) is 7.98. The van der Waals surface area contributed by atoms with Gasteiger partial charge in [0.05, 0.1) is 18.0 Å². The second kappa shape index (κ2) is 7.70. The molecule has 1 amide bonds. The lowest BCUT2D eigenvalue weighted by molar-refractivity contribution is -0.0499. The van der Waals surface area contributed by atoms with E-state index in [9.17, 15) is 26.4 Å². The number of alkyl halides is 2. The van der Waals surface area contributed by atoms with Crippen molar-refractivity contribution in [3.63, 3.8) is 0 Å². The van der Waals surface area contributed by atoms with Crippen LogP contribution >= 0.6 is 0 Å². The highest BCUT2D eigenvalue weighted by molar-refractivity contribution is 7.90. The fourth-order valence-electron chi connectivity index (χ4n) is 2.84. The summed E-state index contributed by atoms with van der Waals surface area (Å²) in [5, 5.41) is 3.02. The number of carbonyl (C=O) groups excluding carboxylic acids is 1. The Hall–Kier alpha value is -2.75. The van der Waals surface area contributed by atoms with Crippen molar-refractivity contribution in [2.24, 2.45) is 0 Å². The van der Waals surface area contributed by atoms with Crippen molar-refractivity contribution in [3.05, 3.63) is 47.8 Å². The van der Waals surface area contributed by atoms with Gasteiger partial charge in [-0.15, -0.1) is 0 Å². The molecule has 0 radical (unpaired) electrons. The van der Waals surface area contributed by atoms with Gasteiger partial charge in [-0.25, -0.2) is 12.8 Å². The van der Waals surface area contributed by atoms with Gasteiger partial charge < -0.3 is 15.0 Å². The van der Waals surface area contributed by atoms with Crippen molar-refractivity contribution < 1.29 is 31.1 Å². The Balaban J connectivity index is 1.86. The van der Waals surface area contributed by atoms with Crippen LogP contribution in [0.25, 0.3) is 11.1 Å². The number of fused-ring (bicyclic) bond motifs is 1. The molecule has 1 heterocycles. The largest absolute Gasteiger partial charge is 0.435 e. The van der Waals surface area contributed by atoms with Crippen molar-refractivity contribution in [1.29, 1.82) is 0 Å². The van der Waals surface area contributed by atoms with Crippen molar-refractivity contribution in [1.82, 2.24) is 4.90 Å². The minimum atomic E-state index is -3.21. The first-order valence-corrected chi connectivity index (χ1v) is 10.3. The van der Waals surface area contributed by atoms with Crippen LogP contribution in [0.15, 0.2) is 36.4 Å². The summed E-state index contributed by atoms with van der Waals surface area (Å²) in [5.41, 5.74) is 1.64. The van der Waals surface area contributed by atoms with Gasteiger partial charge in [0.15, 0.2) is 0 Å².